The van der Waals surface area contributed by atoms with Gasteiger partial charge in [0, 0.05) is 40.7 Å². The summed E-state index contributed by atoms with van der Waals surface area (Å²) >= 11 is 0. The van der Waals surface area contributed by atoms with E-state index in [4.69, 9.17) is 9.47 Å². The van der Waals surface area contributed by atoms with Crippen LogP contribution >= 0.6 is 0 Å². The molecule has 2 aliphatic rings. The van der Waals surface area contributed by atoms with Crippen LogP contribution in [-0.2, 0) is 20.4 Å². The summed E-state index contributed by atoms with van der Waals surface area (Å²) in [6, 6.07) is 30.4. The van der Waals surface area contributed by atoms with Gasteiger partial charge in [0.15, 0.2) is 0 Å². The topological polar surface area (TPSA) is 200 Å². The van der Waals surface area contributed by atoms with Crippen LogP contribution < -0.4 is 37.2 Å². The maximum atomic E-state index is 13.9. The number of anilines is 3. The summed E-state index contributed by atoms with van der Waals surface area (Å²) < 4.78 is 50.7. The Morgan fingerprint density at radius 3 is 2.11 bits per heavy atom. The first kappa shape index (κ1) is 49.7. The number of aryl methyl sites for hydroxylation is 1. The number of hydrogen-bond donors (Lipinski definition) is 7. The van der Waals surface area contributed by atoms with E-state index in [0.717, 1.165) is 40.5 Å². The van der Waals surface area contributed by atoms with Crippen molar-refractivity contribution in [2.24, 2.45) is 4.99 Å². The number of ether oxygens (including phenoxy) is 2. The van der Waals surface area contributed by atoms with Crippen molar-refractivity contribution >= 4 is 52.9 Å². The largest absolute Gasteiger partial charge is 0.449 e. The summed E-state index contributed by atoms with van der Waals surface area (Å²) in [6.45, 7) is 7.54. The molecule has 5 aromatic rings. The zero-order valence-electron chi connectivity index (χ0n) is 38.9. The zero-order chi connectivity index (χ0) is 50.0. The maximum Gasteiger partial charge on any atom is 0.416 e. The monoisotopic (exact) mass is 958 g/mol. The third-order valence-electron chi connectivity index (χ3n) is 11.2. The number of guanidine groups is 1. The fraction of sp³-hybridized carbons (Fsp3) is 0.269. The molecular weight excluding hydrogens is 906 g/mol. The van der Waals surface area contributed by atoms with Crippen LogP contribution in [0.4, 0.5) is 39.8 Å². The zero-order valence-corrected chi connectivity index (χ0v) is 38.9. The van der Waals surface area contributed by atoms with E-state index in [1.54, 1.807) is 64.1 Å². The molecule has 15 nitrogen and oxygen atoms in total. The van der Waals surface area contributed by atoms with Gasteiger partial charge in [0.2, 0.25) is 11.9 Å². The van der Waals surface area contributed by atoms with Crippen molar-refractivity contribution in [1.29, 1.82) is 0 Å². The number of nitrogens with zero attached hydrogens (tertiary/aromatic N) is 1. The van der Waals surface area contributed by atoms with Gasteiger partial charge in [-0.15, -0.1) is 0 Å². The molecule has 0 spiro atoms. The van der Waals surface area contributed by atoms with Crippen molar-refractivity contribution in [3.63, 3.8) is 0 Å². The van der Waals surface area contributed by atoms with Gasteiger partial charge >= 0.3 is 18.4 Å². The number of hydrogen-bond acceptors (Lipinski definition) is 10. The van der Waals surface area contributed by atoms with Crippen LogP contribution in [0.1, 0.15) is 88.9 Å². The van der Waals surface area contributed by atoms with E-state index in [1.807, 2.05) is 48.5 Å². The van der Waals surface area contributed by atoms with Crippen molar-refractivity contribution in [3.8, 4) is 11.1 Å². The molecule has 1 heterocycles. The molecule has 0 radical (unpaired) electrons. The van der Waals surface area contributed by atoms with Crippen molar-refractivity contribution in [1.82, 2.24) is 21.3 Å². The smallest absolute Gasteiger partial charge is 0.416 e. The van der Waals surface area contributed by atoms with E-state index in [-0.39, 0.29) is 42.3 Å². The Morgan fingerprint density at radius 1 is 0.743 bits per heavy atom. The minimum absolute atomic E-state index is 0.0641. The number of aliphatic imine (C=N–C) groups is 1. The molecule has 7 N–H and O–H groups in total. The number of amides is 5. The summed E-state index contributed by atoms with van der Waals surface area (Å²) in [6.07, 6.45) is -3.25. The first-order valence-electron chi connectivity index (χ1n) is 22.6. The minimum atomic E-state index is -4.62. The van der Waals surface area contributed by atoms with Crippen LogP contribution in [0, 0.1) is 6.92 Å². The molecule has 0 saturated carbocycles. The van der Waals surface area contributed by atoms with E-state index in [0.29, 0.717) is 48.0 Å². The lowest BCUT2D eigenvalue weighted by Gasteiger charge is -2.21. The van der Waals surface area contributed by atoms with Gasteiger partial charge in [0.1, 0.15) is 18.2 Å². The van der Waals surface area contributed by atoms with Gasteiger partial charge in [-0.1, -0.05) is 66.7 Å². The molecule has 1 aliphatic carbocycles. The predicted octanol–water partition coefficient (Wildman–Crippen LogP) is 9.45. The summed E-state index contributed by atoms with van der Waals surface area (Å²) in [5, 5.41) is 19.9. The third-order valence-corrected chi connectivity index (χ3v) is 11.2. The molecule has 5 aromatic carbocycles. The van der Waals surface area contributed by atoms with Gasteiger partial charge in [0.25, 0.3) is 11.8 Å². The highest BCUT2D eigenvalue weighted by Crippen LogP contribution is 2.44. The number of unbranched alkanes of at least 4 members (excludes halogenated alkanes) is 1. The summed E-state index contributed by atoms with van der Waals surface area (Å²) in [4.78, 5) is 70.0. The Labute approximate surface area is 402 Å². The average molecular weight is 959 g/mol. The molecule has 7 rings (SSSR count). The minimum Gasteiger partial charge on any atom is -0.449 e. The molecule has 1 aliphatic heterocycles. The number of halogens is 3. The van der Waals surface area contributed by atoms with Crippen LogP contribution in [0.2, 0.25) is 0 Å². The molecule has 364 valence electrons. The molecular formula is C52H53F3N8O7. The van der Waals surface area contributed by atoms with Crippen LogP contribution in [0.3, 0.4) is 0 Å². The number of alkyl halides is 3. The van der Waals surface area contributed by atoms with Crippen molar-refractivity contribution < 1.29 is 46.6 Å². The van der Waals surface area contributed by atoms with Gasteiger partial charge in [-0.3, -0.25) is 14.4 Å². The first-order valence-corrected chi connectivity index (χ1v) is 22.6. The number of nitrogens with one attached hydrogen (secondary N) is 7. The molecule has 5 amide bonds. The van der Waals surface area contributed by atoms with Crippen molar-refractivity contribution in [2.75, 3.05) is 35.6 Å². The van der Waals surface area contributed by atoms with Gasteiger partial charge in [0.05, 0.1) is 24.0 Å². The standard InChI is InChI=1S/C52H53F3N8O7/c1-31-22-23-36(59-45(64)32-13-11-14-33(25-32)52(53,54)55)27-42(31)46(65)61-37-28-57-48(58-29-37)62-35-16-12-15-34(26-35)60-47(66)44(21-9-10-24-56-49(67)70-51(2,3)4)63-50(68)69-30-43-40-19-7-5-17-38(40)39-18-6-8-20-41(39)43/h5-8,11-20,22-23,25-28,43-44H,9-10,21,24,29-30H2,1-4H3,(H,56,67)(H,59,64)(H,60,66)(H,61,65)(H,63,68)(H2,57,58,62)/t44-/m1/s1. The number of alkyl carbamates (subject to hydrolysis) is 2. The Balaban J connectivity index is 0.950. The summed E-state index contributed by atoms with van der Waals surface area (Å²) in [5.74, 6) is -1.59. The highest BCUT2D eigenvalue weighted by Gasteiger charge is 2.32. The van der Waals surface area contributed by atoms with Crippen LogP contribution in [0.25, 0.3) is 11.1 Å². The lowest BCUT2D eigenvalue weighted by Crippen LogP contribution is -2.44. The lowest BCUT2D eigenvalue weighted by molar-refractivity contribution is -0.137. The second kappa shape index (κ2) is 21.9. The van der Waals surface area contributed by atoms with Gasteiger partial charge in [-0.05, 0) is 123 Å². The van der Waals surface area contributed by atoms with Gasteiger partial charge in [-0.2, -0.15) is 13.2 Å². The Bertz CT molecular complexity index is 2800. The third kappa shape index (κ3) is 13.3. The fourth-order valence-corrected chi connectivity index (χ4v) is 7.83. The van der Waals surface area contributed by atoms with Crippen LogP contribution in [-0.4, -0.2) is 67.2 Å². The summed E-state index contributed by atoms with van der Waals surface area (Å²) in [7, 11) is 0. The Hall–Kier alpha value is -8.15. The molecule has 18 heteroatoms. The van der Waals surface area contributed by atoms with Crippen LogP contribution in [0.5, 0.6) is 0 Å². The molecule has 0 fully saturated rings. The fourth-order valence-electron chi connectivity index (χ4n) is 7.83. The lowest BCUT2D eigenvalue weighted by atomic mass is 9.98. The molecule has 0 unspecified atom stereocenters. The molecule has 0 saturated heterocycles. The number of rotatable bonds is 15. The Morgan fingerprint density at radius 2 is 1.43 bits per heavy atom. The van der Waals surface area contributed by atoms with E-state index in [9.17, 15) is 37.1 Å². The molecule has 0 aromatic heterocycles. The Kier molecular flexibility index (Phi) is 15.5. The average Bonchev–Trinajstić information content (AvgIpc) is 3.64. The molecule has 70 heavy (non-hydrogen) atoms. The number of fused-ring (bicyclic) bond motifs is 3. The predicted molar refractivity (Wildman–Crippen MR) is 260 cm³/mol. The van der Waals surface area contributed by atoms with Crippen molar-refractivity contribution in [3.05, 3.63) is 161 Å². The van der Waals surface area contributed by atoms with E-state index in [2.05, 4.69) is 42.2 Å². The molecule has 1 atom stereocenters. The van der Waals surface area contributed by atoms with E-state index >= 15 is 0 Å². The van der Waals surface area contributed by atoms with Crippen molar-refractivity contribution in [2.45, 2.75) is 70.7 Å². The van der Waals surface area contributed by atoms with E-state index < -0.39 is 53.3 Å². The second-order valence-electron chi connectivity index (χ2n) is 17.6. The summed E-state index contributed by atoms with van der Waals surface area (Å²) in [5.41, 5.74) is 4.89. The van der Waals surface area contributed by atoms with Gasteiger partial charge in [-0.25, -0.2) is 14.6 Å². The normalized spacial score (nSPS) is 13.5. The van der Waals surface area contributed by atoms with Gasteiger partial charge < -0.3 is 46.7 Å². The highest BCUT2D eigenvalue weighted by molar-refractivity contribution is 6.06. The van der Waals surface area contributed by atoms with E-state index in [1.165, 1.54) is 18.3 Å². The highest BCUT2D eigenvalue weighted by atomic mass is 19.4. The maximum absolute atomic E-state index is 13.9. The number of benzene rings is 5. The molecule has 0 bridgehead atoms. The van der Waals surface area contributed by atoms with Crippen LogP contribution in [0.15, 0.2) is 132 Å². The first-order chi connectivity index (χ1) is 33.4. The number of carbonyl (C=O) groups is 5. The quantitative estimate of drug-likeness (QED) is 0.0500. The SMILES string of the molecule is Cc1ccc(NC(=O)c2cccc(C(F)(F)F)c2)cc1C(=O)NC1=CN=C(Nc2cccc(NC(=O)[C@@H](CCCCNC(=O)OC(C)(C)C)NC(=O)OCC3c4ccccc4-c4ccccc43)c2)NC1. The second-order valence-corrected chi connectivity index (χ2v) is 17.6. The number of carbonyl (C=O) groups excluding carboxylic acids is 5.